The van der Waals surface area contributed by atoms with Crippen molar-refractivity contribution in [2.45, 2.75) is 64.8 Å². The number of aromatic nitrogens is 1. The zero-order chi connectivity index (χ0) is 22.3. The topological polar surface area (TPSA) is 51.2 Å². The van der Waals surface area contributed by atoms with E-state index in [9.17, 15) is 4.79 Å². The van der Waals surface area contributed by atoms with E-state index in [1.54, 1.807) is 19.4 Å². The van der Waals surface area contributed by atoms with Crippen LogP contribution in [-0.4, -0.2) is 24.0 Å². The molecular formula is C27H36N2O2. The van der Waals surface area contributed by atoms with E-state index < -0.39 is 0 Å². The zero-order valence-corrected chi connectivity index (χ0v) is 19.1. The Morgan fingerprint density at radius 2 is 1.97 bits per heavy atom. The van der Waals surface area contributed by atoms with Crippen LogP contribution < -0.4 is 10.1 Å². The number of benzene rings is 1. The van der Waals surface area contributed by atoms with E-state index >= 15 is 0 Å². The molecule has 0 fully saturated rings. The van der Waals surface area contributed by atoms with Gasteiger partial charge in [-0.3, -0.25) is 9.78 Å². The summed E-state index contributed by atoms with van der Waals surface area (Å²) in [6.07, 6.45) is 16.7. The van der Waals surface area contributed by atoms with Gasteiger partial charge in [0.25, 0.3) is 0 Å². The highest BCUT2D eigenvalue weighted by Crippen LogP contribution is 2.23. The van der Waals surface area contributed by atoms with Gasteiger partial charge in [-0.2, -0.15) is 0 Å². The van der Waals surface area contributed by atoms with Crippen LogP contribution in [0.2, 0.25) is 0 Å². The van der Waals surface area contributed by atoms with Gasteiger partial charge in [-0.05, 0) is 73.9 Å². The molecule has 0 bridgehead atoms. The van der Waals surface area contributed by atoms with Gasteiger partial charge in [0.15, 0.2) is 0 Å². The highest BCUT2D eigenvalue weighted by atomic mass is 16.5. The van der Waals surface area contributed by atoms with Crippen molar-refractivity contribution in [3.63, 3.8) is 0 Å². The lowest BCUT2D eigenvalue weighted by Crippen LogP contribution is -2.31. The summed E-state index contributed by atoms with van der Waals surface area (Å²) >= 11 is 0. The molecule has 0 aliphatic carbocycles. The predicted molar refractivity (Wildman–Crippen MR) is 129 cm³/mol. The third kappa shape index (κ3) is 9.65. The summed E-state index contributed by atoms with van der Waals surface area (Å²) in [5.74, 6) is 0.803. The monoisotopic (exact) mass is 420 g/mol. The Balaban J connectivity index is 1.86. The summed E-state index contributed by atoms with van der Waals surface area (Å²) in [6, 6.07) is 12.3. The number of pyridine rings is 1. The van der Waals surface area contributed by atoms with Crippen LogP contribution in [0, 0.1) is 0 Å². The van der Waals surface area contributed by atoms with Crippen LogP contribution in [0.3, 0.4) is 0 Å². The van der Waals surface area contributed by atoms with Crippen molar-refractivity contribution in [1.82, 2.24) is 10.3 Å². The van der Waals surface area contributed by atoms with E-state index in [-0.39, 0.29) is 11.9 Å². The number of allylic oxidation sites excluding steroid dienone is 3. The van der Waals surface area contributed by atoms with Gasteiger partial charge >= 0.3 is 0 Å². The Morgan fingerprint density at radius 1 is 1.16 bits per heavy atom. The number of amides is 1. The molecule has 31 heavy (non-hydrogen) atoms. The average molecular weight is 421 g/mol. The number of carbonyl (C=O) groups is 1. The van der Waals surface area contributed by atoms with Gasteiger partial charge < -0.3 is 10.1 Å². The molecule has 0 aliphatic rings. The Labute approximate surface area is 187 Å². The van der Waals surface area contributed by atoms with Gasteiger partial charge in [-0.1, -0.05) is 50.1 Å². The van der Waals surface area contributed by atoms with Crippen LogP contribution in [0.15, 0.2) is 67.0 Å². The van der Waals surface area contributed by atoms with E-state index in [1.165, 1.54) is 29.5 Å². The number of nitrogens with zero attached hydrogens (tertiary/aromatic N) is 1. The zero-order valence-electron chi connectivity index (χ0n) is 19.1. The van der Waals surface area contributed by atoms with Crippen molar-refractivity contribution in [2.75, 3.05) is 7.11 Å². The standard InChI is InChI=1S/C27H36N2O2/c1-4-5-6-13-24(25-16-18-26(31-3)19-17-25)14-8-15-27(30)29-22(2)10-7-11-23-12-9-20-28-21-23/h8-9,12,14-22H,4-7,10-11,13H2,1-3H3,(H,29,30)/t22-/m1/s1. The number of rotatable bonds is 13. The molecule has 1 aromatic heterocycles. The minimum absolute atomic E-state index is 0.0484. The maximum Gasteiger partial charge on any atom is 0.244 e. The van der Waals surface area contributed by atoms with Crippen molar-refractivity contribution in [2.24, 2.45) is 0 Å². The van der Waals surface area contributed by atoms with Crippen LogP contribution in [0.4, 0.5) is 0 Å². The minimum Gasteiger partial charge on any atom is -0.497 e. The van der Waals surface area contributed by atoms with Crippen LogP contribution in [-0.2, 0) is 11.2 Å². The molecule has 1 atom stereocenters. The van der Waals surface area contributed by atoms with Crippen LogP contribution in [0.25, 0.3) is 5.57 Å². The molecule has 1 heterocycles. The first-order chi connectivity index (χ1) is 15.1. The Morgan fingerprint density at radius 3 is 2.65 bits per heavy atom. The molecule has 0 unspecified atom stereocenters. The Kier molecular flexibility index (Phi) is 11.2. The largest absolute Gasteiger partial charge is 0.497 e. The Hall–Kier alpha value is -2.88. The molecule has 0 saturated carbocycles. The van der Waals surface area contributed by atoms with Gasteiger partial charge in [0.1, 0.15) is 5.75 Å². The molecule has 1 aromatic carbocycles. The van der Waals surface area contributed by atoms with Gasteiger partial charge in [0.2, 0.25) is 5.91 Å². The summed E-state index contributed by atoms with van der Waals surface area (Å²) in [5.41, 5.74) is 3.65. The van der Waals surface area contributed by atoms with Crippen molar-refractivity contribution >= 4 is 11.5 Å². The predicted octanol–water partition coefficient (Wildman–Crippen LogP) is 6.14. The van der Waals surface area contributed by atoms with E-state index in [4.69, 9.17) is 4.74 Å². The number of hydrogen-bond acceptors (Lipinski definition) is 3. The number of ether oxygens (including phenoxy) is 1. The van der Waals surface area contributed by atoms with Crippen LogP contribution in [0.5, 0.6) is 5.75 Å². The lowest BCUT2D eigenvalue weighted by Gasteiger charge is -2.12. The summed E-state index contributed by atoms with van der Waals surface area (Å²) in [6.45, 7) is 4.26. The fourth-order valence-corrected chi connectivity index (χ4v) is 3.47. The first-order valence-corrected chi connectivity index (χ1v) is 11.3. The normalized spacial score (nSPS) is 12.7. The maximum atomic E-state index is 12.3. The summed E-state index contributed by atoms with van der Waals surface area (Å²) in [5, 5.41) is 3.06. The lowest BCUT2D eigenvalue weighted by molar-refractivity contribution is -0.117. The van der Waals surface area contributed by atoms with Gasteiger partial charge in [-0.15, -0.1) is 0 Å². The number of hydrogen-bond donors (Lipinski definition) is 1. The second-order valence-corrected chi connectivity index (χ2v) is 7.90. The molecule has 1 amide bonds. The molecule has 0 radical (unpaired) electrons. The third-order valence-electron chi connectivity index (χ3n) is 5.27. The van der Waals surface area contributed by atoms with Gasteiger partial charge in [0, 0.05) is 24.5 Å². The molecule has 4 nitrogen and oxygen atoms in total. The Bertz CT molecular complexity index is 826. The fraction of sp³-hybridized carbons (Fsp3) is 0.407. The summed E-state index contributed by atoms with van der Waals surface area (Å²) < 4.78 is 5.26. The quantitative estimate of drug-likeness (QED) is 0.241. The first-order valence-electron chi connectivity index (χ1n) is 11.3. The van der Waals surface area contributed by atoms with Crippen LogP contribution >= 0.6 is 0 Å². The maximum absolute atomic E-state index is 12.3. The second-order valence-electron chi connectivity index (χ2n) is 7.90. The van der Waals surface area contributed by atoms with Gasteiger partial charge in [0.05, 0.1) is 7.11 Å². The molecule has 166 valence electrons. The second kappa shape index (κ2) is 14.2. The molecule has 2 aromatic rings. The summed E-state index contributed by atoms with van der Waals surface area (Å²) in [7, 11) is 1.67. The number of carbonyl (C=O) groups excluding carboxylic acids is 1. The number of nitrogens with one attached hydrogen (secondary N) is 1. The average Bonchev–Trinajstić information content (AvgIpc) is 2.79. The molecule has 0 spiro atoms. The van der Waals surface area contributed by atoms with Gasteiger partial charge in [-0.25, -0.2) is 0 Å². The van der Waals surface area contributed by atoms with E-state index in [1.807, 2.05) is 30.5 Å². The van der Waals surface area contributed by atoms with Crippen molar-refractivity contribution in [3.8, 4) is 5.75 Å². The third-order valence-corrected chi connectivity index (χ3v) is 5.27. The van der Waals surface area contributed by atoms with Crippen molar-refractivity contribution in [3.05, 3.63) is 78.1 Å². The van der Waals surface area contributed by atoms with E-state index in [0.717, 1.165) is 37.9 Å². The number of unbranched alkanes of at least 4 members (excludes halogenated alkanes) is 2. The summed E-state index contributed by atoms with van der Waals surface area (Å²) in [4.78, 5) is 16.4. The fourth-order valence-electron chi connectivity index (χ4n) is 3.47. The smallest absolute Gasteiger partial charge is 0.244 e. The highest BCUT2D eigenvalue weighted by molar-refractivity contribution is 5.88. The van der Waals surface area contributed by atoms with Crippen LogP contribution in [0.1, 0.15) is 63.5 Å². The minimum atomic E-state index is -0.0484. The molecule has 0 saturated heterocycles. The number of methoxy groups -OCH3 is 1. The number of aryl methyl sites for hydroxylation is 1. The highest BCUT2D eigenvalue weighted by Gasteiger charge is 2.05. The van der Waals surface area contributed by atoms with Crippen molar-refractivity contribution < 1.29 is 9.53 Å². The first kappa shape index (κ1) is 24.4. The molecular weight excluding hydrogens is 384 g/mol. The SMILES string of the molecule is CCCCCC(=CC=CC(=O)N[C@H](C)CCCc1cccnc1)c1ccc(OC)cc1. The molecule has 2 rings (SSSR count). The molecule has 4 heteroatoms. The van der Waals surface area contributed by atoms with E-state index in [2.05, 4.69) is 48.4 Å². The molecule has 1 N–H and O–H groups in total. The van der Waals surface area contributed by atoms with Crippen molar-refractivity contribution in [1.29, 1.82) is 0 Å². The van der Waals surface area contributed by atoms with E-state index in [0.29, 0.717) is 0 Å². The lowest BCUT2D eigenvalue weighted by atomic mass is 9.99. The molecule has 0 aliphatic heterocycles.